The van der Waals surface area contributed by atoms with Gasteiger partial charge in [-0.1, -0.05) is 0 Å². The van der Waals surface area contributed by atoms with Crippen molar-refractivity contribution >= 4 is 11.9 Å². The van der Waals surface area contributed by atoms with Crippen LogP contribution in [0.3, 0.4) is 0 Å². The van der Waals surface area contributed by atoms with Crippen LogP contribution in [-0.2, 0) is 4.79 Å². The first-order valence-corrected chi connectivity index (χ1v) is 9.19. The van der Waals surface area contributed by atoms with E-state index < -0.39 is 11.9 Å². The Balaban J connectivity index is 1.34. The zero-order valence-electron chi connectivity index (χ0n) is 14.9. The third-order valence-corrected chi connectivity index (χ3v) is 5.60. The summed E-state index contributed by atoms with van der Waals surface area (Å²) >= 11 is 0. The number of nitrogens with one attached hydrogen (secondary N) is 1. The molecule has 2 aliphatic rings. The highest BCUT2D eigenvalue weighted by Crippen LogP contribution is 2.39. The predicted octanol–water partition coefficient (Wildman–Crippen LogP) is 1.08. The number of piperidine rings is 1. The first-order chi connectivity index (χ1) is 12.5. The Morgan fingerprint density at radius 1 is 1.27 bits per heavy atom. The number of nitrogens with two attached hydrogens (primary N) is 1. The molecule has 0 aliphatic carbocycles. The number of hydrogen-bond donors (Lipinski definition) is 3. The van der Waals surface area contributed by atoms with Crippen molar-refractivity contribution in [3.63, 3.8) is 0 Å². The third-order valence-electron chi connectivity index (χ3n) is 5.60. The van der Waals surface area contributed by atoms with Crippen molar-refractivity contribution in [3.05, 3.63) is 29.8 Å². The first kappa shape index (κ1) is 18.7. The molecular formula is C19H27N3O4. The molecule has 2 aliphatic heterocycles. The van der Waals surface area contributed by atoms with Gasteiger partial charge in [-0.15, -0.1) is 0 Å². The van der Waals surface area contributed by atoms with Gasteiger partial charge in [0.05, 0.1) is 6.61 Å². The van der Waals surface area contributed by atoms with E-state index in [0.717, 1.165) is 57.6 Å². The summed E-state index contributed by atoms with van der Waals surface area (Å²) in [5.41, 5.74) is 5.86. The van der Waals surface area contributed by atoms with Crippen molar-refractivity contribution in [2.45, 2.75) is 31.7 Å². The second kappa shape index (κ2) is 8.05. The number of ether oxygens (including phenoxy) is 1. The number of likely N-dealkylation sites (tertiary alicyclic amines) is 1. The number of hydrogen-bond acceptors (Lipinski definition) is 5. The molecule has 1 spiro atoms. The van der Waals surface area contributed by atoms with Crippen LogP contribution in [0.15, 0.2) is 24.3 Å². The molecule has 1 aromatic carbocycles. The Hall–Kier alpha value is -2.12. The quantitative estimate of drug-likeness (QED) is 0.628. The van der Waals surface area contributed by atoms with Crippen LogP contribution in [0.2, 0.25) is 0 Å². The van der Waals surface area contributed by atoms with Gasteiger partial charge in [-0.05, 0) is 68.5 Å². The van der Waals surface area contributed by atoms with Crippen LogP contribution in [0.25, 0.3) is 0 Å². The second-order valence-corrected chi connectivity index (χ2v) is 7.41. The summed E-state index contributed by atoms with van der Waals surface area (Å²) in [5, 5.41) is 12.3. The molecule has 142 valence electrons. The van der Waals surface area contributed by atoms with E-state index in [1.807, 2.05) is 0 Å². The SMILES string of the molecule is NC(=O)c1ccc(OCCCN2CCC3(CC2)CN[C@@H](C(=O)O)C3)cc1. The Morgan fingerprint density at radius 3 is 2.54 bits per heavy atom. The molecule has 2 fully saturated rings. The van der Waals surface area contributed by atoms with Gasteiger partial charge >= 0.3 is 5.97 Å². The molecule has 2 heterocycles. The number of carbonyl (C=O) groups is 2. The van der Waals surface area contributed by atoms with Crippen LogP contribution in [-0.4, -0.2) is 60.7 Å². The standard InChI is InChI=1S/C19H27N3O4/c20-17(23)14-2-4-15(5-3-14)26-11-1-8-22-9-6-19(7-10-22)12-16(18(24)25)21-13-19/h2-5,16,21H,1,6-13H2,(H2,20,23)(H,24,25)/t16-/m1/s1. The lowest BCUT2D eigenvalue weighted by molar-refractivity contribution is -0.139. The van der Waals surface area contributed by atoms with E-state index in [1.54, 1.807) is 24.3 Å². The first-order valence-electron chi connectivity index (χ1n) is 9.19. The predicted molar refractivity (Wildman–Crippen MR) is 97.2 cm³/mol. The van der Waals surface area contributed by atoms with Crippen molar-refractivity contribution < 1.29 is 19.4 Å². The normalized spacial score (nSPS) is 22.4. The van der Waals surface area contributed by atoms with Crippen molar-refractivity contribution in [2.24, 2.45) is 11.1 Å². The lowest BCUT2D eigenvalue weighted by Crippen LogP contribution is -2.41. The van der Waals surface area contributed by atoms with E-state index >= 15 is 0 Å². The summed E-state index contributed by atoms with van der Waals surface area (Å²) in [6.45, 7) is 4.45. The summed E-state index contributed by atoms with van der Waals surface area (Å²) < 4.78 is 5.71. The van der Waals surface area contributed by atoms with E-state index in [0.29, 0.717) is 12.2 Å². The molecule has 1 atom stereocenters. The molecule has 3 rings (SSSR count). The van der Waals surface area contributed by atoms with Crippen LogP contribution >= 0.6 is 0 Å². The van der Waals surface area contributed by atoms with Gasteiger partial charge in [0.25, 0.3) is 0 Å². The fourth-order valence-corrected chi connectivity index (χ4v) is 3.92. The van der Waals surface area contributed by atoms with E-state index in [9.17, 15) is 9.59 Å². The fraction of sp³-hybridized carbons (Fsp3) is 0.579. The highest BCUT2D eigenvalue weighted by atomic mass is 16.5. The number of aliphatic carboxylic acids is 1. The molecule has 0 radical (unpaired) electrons. The number of rotatable bonds is 7. The maximum absolute atomic E-state index is 11.1. The number of carboxylic acids is 1. The molecule has 1 aromatic rings. The zero-order chi connectivity index (χ0) is 18.6. The van der Waals surface area contributed by atoms with Crippen molar-refractivity contribution in [2.75, 3.05) is 32.8 Å². The van der Waals surface area contributed by atoms with E-state index in [2.05, 4.69) is 10.2 Å². The average molecular weight is 361 g/mol. The van der Waals surface area contributed by atoms with Gasteiger partial charge in [-0.3, -0.25) is 9.59 Å². The van der Waals surface area contributed by atoms with Gasteiger partial charge in [-0.25, -0.2) is 0 Å². The third kappa shape index (κ3) is 4.53. The highest BCUT2D eigenvalue weighted by Gasteiger charge is 2.43. The monoisotopic (exact) mass is 361 g/mol. The smallest absolute Gasteiger partial charge is 0.320 e. The molecular weight excluding hydrogens is 334 g/mol. The van der Waals surface area contributed by atoms with Crippen LogP contribution in [0.5, 0.6) is 5.75 Å². The lowest BCUT2D eigenvalue weighted by Gasteiger charge is -2.39. The molecule has 7 nitrogen and oxygen atoms in total. The summed E-state index contributed by atoms with van der Waals surface area (Å²) in [5.74, 6) is -0.429. The Kier molecular flexibility index (Phi) is 5.78. The summed E-state index contributed by atoms with van der Waals surface area (Å²) in [4.78, 5) is 24.6. The van der Waals surface area contributed by atoms with Crippen molar-refractivity contribution in [3.8, 4) is 5.75 Å². The van der Waals surface area contributed by atoms with Crippen LogP contribution in [0, 0.1) is 5.41 Å². The number of carboxylic acid groups (broad SMARTS) is 1. The summed E-state index contributed by atoms with van der Waals surface area (Å²) in [6.07, 6.45) is 3.79. The summed E-state index contributed by atoms with van der Waals surface area (Å²) in [6, 6.07) is 6.48. The molecule has 0 saturated carbocycles. The minimum absolute atomic E-state index is 0.165. The lowest BCUT2D eigenvalue weighted by atomic mass is 9.76. The zero-order valence-corrected chi connectivity index (χ0v) is 14.9. The molecule has 4 N–H and O–H groups in total. The van der Waals surface area contributed by atoms with Gasteiger partial charge in [0.1, 0.15) is 11.8 Å². The average Bonchev–Trinajstić information content (AvgIpc) is 3.05. The van der Waals surface area contributed by atoms with Crippen LogP contribution in [0.4, 0.5) is 0 Å². The number of nitrogens with zero attached hydrogens (tertiary/aromatic N) is 1. The number of primary amides is 1. The molecule has 1 amide bonds. The second-order valence-electron chi connectivity index (χ2n) is 7.41. The Labute approximate surface area is 153 Å². The largest absolute Gasteiger partial charge is 0.494 e. The van der Waals surface area contributed by atoms with Gasteiger partial charge in [0.15, 0.2) is 0 Å². The summed E-state index contributed by atoms with van der Waals surface area (Å²) in [7, 11) is 0. The van der Waals surface area contributed by atoms with E-state index in [-0.39, 0.29) is 11.5 Å². The molecule has 26 heavy (non-hydrogen) atoms. The number of carbonyl (C=O) groups excluding carboxylic acids is 1. The van der Waals surface area contributed by atoms with Gasteiger partial charge < -0.3 is 25.8 Å². The maximum Gasteiger partial charge on any atom is 0.320 e. The highest BCUT2D eigenvalue weighted by molar-refractivity contribution is 5.92. The topological polar surface area (TPSA) is 105 Å². The van der Waals surface area contributed by atoms with E-state index in [1.165, 1.54) is 0 Å². The van der Waals surface area contributed by atoms with Crippen molar-refractivity contribution in [1.29, 1.82) is 0 Å². The number of benzene rings is 1. The molecule has 0 unspecified atom stereocenters. The maximum atomic E-state index is 11.1. The molecule has 2 saturated heterocycles. The van der Waals surface area contributed by atoms with Gasteiger partial charge in [0, 0.05) is 18.7 Å². The minimum Gasteiger partial charge on any atom is -0.494 e. The molecule has 0 bridgehead atoms. The number of amides is 1. The van der Waals surface area contributed by atoms with Crippen molar-refractivity contribution in [1.82, 2.24) is 10.2 Å². The Bertz CT molecular complexity index is 639. The van der Waals surface area contributed by atoms with Crippen LogP contribution in [0.1, 0.15) is 36.0 Å². The van der Waals surface area contributed by atoms with E-state index in [4.69, 9.17) is 15.6 Å². The fourth-order valence-electron chi connectivity index (χ4n) is 3.92. The molecule has 0 aromatic heterocycles. The Morgan fingerprint density at radius 2 is 1.96 bits per heavy atom. The minimum atomic E-state index is -0.731. The van der Waals surface area contributed by atoms with Crippen LogP contribution < -0.4 is 15.8 Å². The molecule has 7 heteroatoms. The van der Waals surface area contributed by atoms with Gasteiger partial charge in [-0.2, -0.15) is 0 Å². The van der Waals surface area contributed by atoms with Gasteiger partial charge in [0.2, 0.25) is 5.91 Å².